The number of aryl methyl sites for hydroxylation is 2. The van der Waals surface area contributed by atoms with Crippen molar-refractivity contribution in [3.63, 3.8) is 0 Å². The van der Waals surface area contributed by atoms with Crippen molar-refractivity contribution in [1.29, 1.82) is 0 Å². The van der Waals surface area contributed by atoms with Gasteiger partial charge in [-0.1, -0.05) is 12.1 Å². The van der Waals surface area contributed by atoms with E-state index in [0.29, 0.717) is 37.7 Å². The van der Waals surface area contributed by atoms with Crippen LogP contribution in [-0.4, -0.2) is 33.9 Å². The average Bonchev–Trinajstić information content (AvgIpc) is 3.01. The number of allylic oxidation sites excluding steroid dienone is 1. The van der Waals surface area contributed by atoms with Crippen LogP contribution in [0.25, 0.3) is 10.2 Å². The molecule has 0 unspecified atom stereocenters. The number of nitrogens with one attached hydrogen (secondary N) is 2. The maximum Gasteiger partial charge on any atom is 0.343 e. The van der Waals surface area contributed by atoms with E-state index >= 15 is 0 Å². The van der Waals surface area contributed by atoms with E-state index in [2.05, 4.69) is 20.6 Å². The van der Waals surface area contributed by atoms with Crippen LogP contribution < -0.4 is 16.2 Å². The summed E-state index contributed by atoms with van der Waals surface area (Å²) in [5.41, 5.74) is 2.19. The van der Waals surface area contributed by atoms with Crippen LogP contribution in [0.1, 0.15) is 29.1 Å². The van der Waals surface area contributed by atoms with Crippen molar-refractivity contribution in [2.75, 3.05) is 11.9 Å². The van der Waals surface area contributed by atoms with Gasteiger partial charge in [0.2, 0.25) is 0 Å². The second kappa shape index (κ2) is 8.39. The molecule has 1 amide bonds. The van der Waals surface area contributed by atoms with Crippen molar-refractivity contribution in [3.05, 3.63) is 62.7 Å². The number of fused-ring (bicyclic) bond motifs is 2. The quantitative estimate of drug-likeness (QED) is 0.592. The summed E-state index contributed by atoms with van der Waals surface area (Å²) in [5, 5.41) is 6.32. The maximum absolute atomic E-state index is 13.2. The zero-order valence-electron chi connectivity index (χ0n) is 18.0. The molecular formula is C22H21N5O4S. The lowest BCUT2D eigenvalue weighted by molar-refractivity contribution is -0.137. The fourth-order valence-corrected chi connectivity index (χ4v) is 4.46. The minimum atomic E-state index is -0.604. The number of amidine groups is 1. The third-order valence-corrected chi connectivity index (χ3v) is 6.20. The van der Waals surface area contributed by atoms with Crippen molar-refractivity contribution < 1.29 is 14.3 Å². The normalized spacial score (nSPS) is 13.2. The fourth-order valence-electron chi connectivity index (χ4n) is 3.43. The standard InChI is InChI=1S/C22H21N5O4S/c1-5-31-22(30)16-12(3)24-13-8-6-7-9-14(13)25-18(16)26-19(28)17-11(2)15-20(32-17)23-10-27(4)21(15)29/h6-10,24H,5H2,1-4H3,(H,25,26,28). The van der Waals surface area contributed by atoms with Gasteiger partial charge in [0, 0.05) is 12.7 Å². The highest BCUT2D eigenvalue weighted by Crippen LogP contribution is 2.31. The van der Waals surface area contributed by atoms with Crippen LogP contribution in [0.4, 0.5) is 11.4 Å². The fraction of sp³-hybridized carbons (Fsp3) is 0.227. The Morgan fingerprint density at radius 3 is 2.75 bits per heavy atom. The molecule has 0 saturated heterocycles. The molecule has 3 aromatic rings. The van der Waals surface area contributed by atoms with Crippen LogP contribution in [0.15, 0.2) is 51.6 Å². The van der Waals surface area contributed by atoms with Gasteiger partial charge in [-0.3, -0.25) is 9.59 Å². The van der Waals surface area contributed by atoms with Gasteiger partial charge >= 0.3 is 5.97 Å². The van der Waals surface area contributed by atoms with E-state index in [4.69, 9.17) is 4.74 Å². The molecule has 0 aliphatic carbocycles. The first kappa shape index (κ1) is 21.4. The molecule has 4 rings (SSSR count). The number of anilines is 1. The third kappa shape index (κ3) is 3.69. The number of ether oxygens (including phenoxy) is 1. The van der Waals surface area contributed by atoms with E-state index in [1.54, 1.807) is 33.9 Å². The summed E-state index contributed by atoms with van der Waals surface area (Å²) < 4.78 is 6.57. The predicted molar refractivity (Wildman–Crippen MR) is 124 cm³/mol. The molecule has 164 valence electrons. The second-order valence-corrected chi connectivity index (χ2v) is 8.17. The first-order chi connectivity index (χ1) is 15.3. The summed E-state index contributed by atoms with van der Waals surface area (Å²) in [6.07, 6.45) is 1.42. The number of benzene rings is 1. The Hall–Kier alpha value is -3.79. The molecule has 1 aromatic carbocycles. The predicted octanol–water partition coefficient (Wildman–Crippen LogP) is 3.03. The van der Waals surface area contributed by atoms with Crippen molar-refractivity contribution in [3.8, 4) is 0 Å². The third-order valence-electron chi connectivity index (χ3n) is 5.00. The largest absolute Gasteiger partial charge is 0.462 e. The van der Waals surface area contributed by atoms with Crippen LogP contribution in [0.5, 0.6) is 0 Å². The van der Waals surface area contributed by atoms with Gasteiger partial charge in [0.15, 0.2) is 0 Å². The summed E-state index contributed by atoms with van der Waals surface area (Å²) in [5.74, 6) is -1.02. The van der Waals surface area contributed by atoms with Gasteiger partial charge in [0.1, 0.15) is 16.2 Å². The minimum absolute atomic E-state index is 0.0705. The highest BCUT2D eigenvalue weighted by molar-refractivity contribution is 7.20. The Labute approximate surface area is 187 Å². The topological polar surface area (TPSA) is 115 Å². The summed E-state index contributed by atoms with van der Waals surface area (Å²) in [7, 11) is 1.61. The second-order valence-electron chi connectivity index (χ2n) is 7.17. The molecule has 0 radical (unpaired) electrons. The Morgan fingerprint density at radius 2 is 2.00 bits per heavy atom. The van der Waals surface area contributed by atoms with Crippen molar-refractivity contribution in [1.82, 2.24) is 14.9 Å². The molecule has 3 heterocycles. The van der Waals surface area contributed by atoms with Gasteiger partial charge in [-0.2, -0.15) is 0 Å². The number of esters is 1. The first-order valence-electron chi connectivity index (χ1n) is 9.91. The van der Waals surface area contributed by atoms with Gasteiger partial charge in [-0.25, -0.2) is 14.8 Å². The molecule has 10 heteroatoms. The number of nitrogens with zero attached hydrogens (tertiary/aromatic N) is 3. The molecule has 0 bridgehead atoms. The monoisotopic (exact) mass is 451 g/mol. The summed E-state index contributed by atoms with van der Waals surface area (Å²) in [6, 6.07) is 7.25. The number of aliphatic imine (C=N–C) groups is 1. The molecule has 9 nitrogen and oxygen atoms in total. The van der Waals surface area contributed by atoms with Gasteiger partial charge in [0.25, 0.3) is 11.5 Å². The lowest BCUT2D eigenvalue weighted by atomic mass is 10.1. The molecule has 2 N–H and O–H groups in total. The summed E-state index contributed by atoms with van der Waals surface area (Å²) in [6.45, 7) is 5.30. The zero-order chi connectivity index (χ0) is 23.0. The molecular weight excluding hydrogens is 430 g/mol. The highest BCUT2D eigenvalue weighted by atomic mass is 32.1. The Kier molecular flexibility index (Phi) is 5.62. The summed E-state index contributed by atoms with van der Waals surface area (Å²) in [4.78, 5) is 48.1. The highest BCUT2D eigenvalue weighted by Gasteiger charge is 2.28. The Bertz CT molecular complexity index is 1380. The van der Waals surface area contributed by atoms with E-state index < -0.39 is 11.9 Å². The van der Waals surface area contributed by atoms with Crippen LogP contribution in [0.2, 0.25) is 0 Å². The zero-order valence-corrected chi connectivity index (χ0v) is 18.8. The Morgan fingerprint density at radius 1 is 1.25 bits per heavy atom. The molecule has 1 aliphatic rings. The van der Waals surface area contributed by atoms with Gasteiger partial charge in [-0.05, 0) is 38.5 Å². The van der Waals surface area contributed by atoms with Gasteiger partial charge in [-0.15, -0.1) is 11.3 Å². The number of aromatic nitrogens is 2. The molecule has 32 heavy (non-hydrogen) atoms. The number of carbonyl (C=O) groups is 2. The number of rotatable bonds is 3. The number of hydrogen-bond acceptors (Lipinski definition) is 8. The number of para-hydroxylation sites is 2. The van der Waals surface area contributed by atoms with Crippen LogP contribution in [0, 0.1) is 6.92 Å². The van der Waals surface area contributed by atoms with Crippen molar-refractivity contribution >= 4 is 50.6 Å². The van der Waals surface area contributed by atoms with Gasteiger partial charge in [0.05, 0.1) is 34.6 Å². The minimum Gasteiger partial charge on any atom is -0.462 e. The van der Waals surface area contributed by atoms with Crippen LogP contribution in [0.3, 0.4) is 0 Å². The maximum atomic E-state index is 13.2. The first-order valence-corrected chi connectivity index (χ1v) is 10.7. The van der Waals surface area contributed by atoms with Crippen molar-refractivity contribution in [2.24, 2.45) is 12.0 Å². The summed E-state index contributed by atoms with van der Waals surface area (Å²) >= 11 is 1.12. The number of thiophene rings is 1. The van der Waals surface area contributed by atoms with Crippen LogP contribution in [-0.2, 0) is 16.6 Å². The number of amides is 1. The number of carbonyl (C=O) groups excluding carboxylic acids is 2. The van der Waals surface area contributed by atoms with E-state index in [-0.39, 0.29) is 23.6 Å². The average molecular weight is 452 g/mol. The molecule has 0 saturated carbocycles. The van der Waals surface area contributed by atoms with E-state index in [1.165, 1.54) is 10.9 Å². The van der Waals surface area contributed by atoms with E-state index in [1.807, 2.05) is 18.2 Å². The lowest BCUT2D eigenvalue weighted by Gasteiger charge is -2.13. The molecule has 0 fully saturated rings. The number of hydrogen-bond donors (Lipinski definition) is 2. The molecule has 0 spiro atoms. The van der Waals surface area contributed by atoms with Crippen LogP contribution >= 0.6 is 11.3 Å². The SMILES string of the molecule is CCOC(=O)C1=C(C)Nc2ccccc2N=C1NC(=O)c1sc2ncn(C)c(=O)c2c1C. The Balaban J connectivity index is 1.80. The van der Waals surface area contributed by atoms with Crippen molar-refractivity contribution in [2.45, 2.75) is 20.8 Å². The molecule has 1 aliphatic heterocycles. The smallest absolute Gasteiger partial charge is 0.343 e. The lowest BCUT2D eigenvalue weighted by Crippen LogP contribution is -2.35. The van der Waals surface area contributed by atoms with Gasteiger partial charge < -0.3 is 19.9 Å². The van der Waals surface area contributed by atoms with E-state index in [9.17, 15) is 14.4 Å². The van der Waals surface area contributed by atoms with E-state index in [0.717, 1.165) is 11.3 Å². The molecule has 2 aromatic heterocycles. The molecule has 0 atom stereocenters.